The van der Waals surface area contributed by atoms with E-state index in [-0.39, 0.29) is 5.88 Å². The van der Waals surface area contributed by atoms with Crippen molar-refractivity contribution in [2.24, 2.45) is 4.99 Å². The quantitative estimate of drug-likeness (QED) is 0.126. The van der Waals surface area contributed by atoms with Crippen LogP contribution in [0.3, 0.4) is 0 Å². The van der Waals surface area contributed by atoms with E-state index in [4.69, 9.17) is 0 Å². The van der Waals surface area contributed by atoms with Gasteiger partial charge in [0.2, 0.25) is 5.88 Å². The molecule has 2 aliphatic rings. The fourth-order valence-electron chi connectivity index (χ4n) is 3.96. The molecular weight excluding hydrogens is 552 g/mol. The van der Waals surface area contributed by atoms with Crippen LogP contribution in [-0.4, -0.2) is 75.2 Å². The maximum Gasteiger partial charge on any atom is 0.326 e. The summed E-state index contributed by atoms with van der Waals surface area (Å²) in [5.41, 5.74) is 2.38. The molecule has 40 heavy (non-hydrogen) atoms. The van der Waals surface area contributed by atoms with Gasteiger partial charge in [0, 0.05) is 23.4 Å². The van der Waals surface area contributed by atoms with E-state index in [1.807, 2.05) is 24.6 Å². The SMILES string of the molecule is CSc1cc(=NC2CC2)n2ncc(=Cc3[nH]c(=O)[nH]c3O)c2n1.CSc1cc(NC2CC2)n2ncc(C=O)c2n1. The van der Waals surface area contributed by atoms with Gasteiger partial charge >= 0.3 is 5.69 Å². The number of hydrogen-bond acceptors (Lipinski definition) is 11. The molecule has 2 fully saturated rings. The standard InChI is InChI=1S/C14H14N6O2S.C11H12N4OS/c1-23-11-5-10(16-8-2-3-8)20-12(18-11)7(6-15-20)4-9-13(21)19-14(22)17-9;1-17-10-4-9(13-8-2-3-8)15-11(14-10)7(6-16)5-12-15/h4-6,8,21H,2-3H2,1H3,(H2,17,19,22);4-6,8,13H,2-3H2,1H3. The Balaban J connectivity index is 0.000000151. The first kappa shape index (κ1) is 26.1. The van der Waals surface area contributed by atoms with Crippen LogP contribution < -0.4 is 21.7 Å². The highest BCUT2D eigenvalue weighted by Crippen LogP contribution is 2.27. The fraction of sp³-hybridized carbons (Fsp3) is 0.320. The van der Waals surface area contributed by atoms with Gasteiger partial charge in [0.15, 0.2) is 23.1 Å². The first-order valence-corrected chi connectivity index (χ1v) is 15.0. The van der Waals surface area contributed by atoms with Crippen LogP contribution in [0.15, 0.2) is 44.4 Å². The third kappa shape index (κ3) is 5.47. The van der Waals surface area contributed by atoms with E-state index in [0.29, 0.717) is 39.9 Å². The van der Waals surface area contributed by atoms with Gasteiger partial charge in [-0.2, -0.15) is 19.2 Å². The lowest BCUT2D eigenvalue weighted by atomic mass is 10.3. The zero-order valence-corrected chi connectivity index (χ0v) is 23.3. The highest BCUT2D eigenvalue weighted by atomic mass is 32.2. The van der Waals surface area contributed by atoms with E-state index in [1.54, 1.807) is 39.3 Å². The van der Waals surface area contributed by atoms with E-state index in [2.05, 4.69) is 40.4 Å². The summed E-state index contributed by atoms with van der Waals surface area (Å²) in [7, 11) is 0. The van der Waals surface area contributed by atoms with Crippen LogP contribution in [0.5, 0.6) is 5.88 Å². The molecule has 0 saturated heterocycles. The average Bonchev–Trinajstić information content (AvgIpc) is 3.84. The molecule has 0 radical (unpaired) electrons. The van der Waals surface area contributed by atoms with Crippen molar-refractivity contribution in [3.05, 3.63) is 57.0 Å². The van der Waals surface area contributed by atoms with Crippen LogP contribution in [0.4, 0.5) is 5.82 Å². The summed E-state index contributed by atoms with van der Waals surface area (Å²) in [4.78, 5) is 40.6. The highest BCUT2D eigenvalue weighted by molar-refractivity contribution is 7.98. The first-order valence-electron chi connectivity index (χ1n) is 12.6. The molecular formula is C25H26N10O3S2. The minimum atomic E-state index is -0.465. The van der Waals surface area contributed by atoms with Crippen molar-refractivity contribution in [3.8, 4) is 5.88 Å². The van der Waals surface area contributed by atoms with Crippen LogP contribution >= 0.6 is 23.5 Å². The normalized spacial score (nSPS) is 15.9. The molecule has 5 aromatic rings. The maximum atomic E-state index is 11.2. The number of hydrogen-bond donors (Lipinski definition) is 4. The molecule has 206 valence electrons. The van der Waals surface area contributed by atoms with Crippen molar-refractivity contribution in [2.45, 2.75) is 47.8 Å². The van der Waals surface area contributed by atoms with Gasteiger partial charge in [0.05, 0.1) is 24.0 Å². The number of aromatic nitrogens is 8. The largest absolute Gasteiger partial charge is 0.493 e. The first-order chi connectivity index (χ1) is 19.4. The summed E-state index contributed by atoms with van der Waals surface area (Å²) >= 11 is 3.09. The Kier molecular flexibility index (Phi) is 7.06. The predicted octanol–water partition coefficient (Wildman–Crippen LogP) is 1.62. The van der Waals surface area contributed by atoms with Crippen molar-refractivity contribution in [1.29, 1.82) is 0 Å². The molecule has 0 bridgehead atoms. The monoisotopic (exact) mass is 578 g/mol. The summed E-state index contributed by atoms with van der Waals surface area (Å²) in [6.07, 6.45) is 14.1. The Morgan fingerprint density at radius 2 is 1.75 bits per heavy atom. The van der Waals surface area contributed by atoms with E-state index < -0.39 is 5.69 Å². The molecule has 5 heterocycles. The number of rotatable bonds is 7. The molecule has 5 aromatic heterocycles. The van der Waals surface area contributed by atoms with Crippen molar-refractivity contribution in [2.75, 3.05) is 17.8 Å². The number of anilines is 1. The molecule has 0 aliphatic heterocycles. The van der Waals surface area contributed by atoms with Crippen molar-refractivity contribution in [3.63, 3.8) is 0 Å². The number of nitrogens with zero attached hydrogens (tertiary/aromatic N) is 7. The lowest BCUT2D eigenvalue weighted by Crippen LogP contribution is -2.19. The van der Waals surface area contributed by atoms with Crippen molar-refractivity contribution in [1.82, 2.24) is 39.2 Å². The number of aldehydes is 1. The van der Waals surface area contributed by atoms with Gasteiger partial charge in [0.25, 0.3) is 0 Å². The van der Waals surface area contributed by atoms with Crippen LogP contribution in [-0.2, 0) is 0 Å². The minimum Gasteiger partial charge on any atom is -0.493 e. The number of imidazole rings is 1. The van der Waals surface area contributed by atoms with Gasteiger partial charge in [-0.25, -0.2) is 14.8 Å². The number of carbonyl (C=O) groups is 1. The smallest absolute Gasteiger partial charge is 0.326 e. The molecule has 4 N–H and O–H groups in total. The predicted molar refractivity (Wildman–Crippen MR) is 152 cm³/mol. The van der Waals surface area contributed by atoms with E-state index in [0.717, 1.165) is 40.5 Å². The van der Waals surface area contributed by atoms with Gasteiger partial charge in [-0.1, -0.05) is 0 Å². The Hall–Kier alpha value is -4.11. The lowest BCUT2D eigenvalue weighted by Gasteiger charge is -2.08. The molecule has 15 heteroatoms. The number of fused-ring (bicyclic) bond motifs is 2. The van der Waals surface area contributed by atoms with E-state index >= 15 is 0 Å². The molecule has 0 spiro atoms. The fourth-order valence-corrected chi connectivity index (χ4v) is 4.77. The van der Waals surface area contributed by atoms with Crippen molar-refractivity contribution >= 4 is 53.0 Å². The molecule has 13 nitrogen and oxygen atoms in total. The zero-order chi connectivity index (χ0) is 27.8. The summed E-state index contributed by atoms with van der Waals surface area (Å²) in [6, 6.07) is 4.80. The third-order valence-electron chi connectivity index (χ3n) is 6.30. The van der Waals surface area contributed by atoms with Gasteiger partial charge < -0.3 is 15.4 Å². The second kappa shape index (κ2) is 10.8. The Morgan fingerprint density at radius 3 is 2.40 bits per heavy atom. The molecule has 2 saturated carbocycles. The van der Waals surface area contributed by atoms with Crippen LogP contribution in [0.1, 0.15) is 41.7 Å². The van der Waals surface area contributed by atoms with Crippen LogP contribution in [0, 0.1) is 0 Å². The molecule has 2 aliphatic carbocycles. The second-order valence-corrected chi connectivity index (χ2v) is 11.0. The number of nitrogens with one attached hydrogen (secondary N) is 3. The molecule has 0 atom stereocenters. The Morgan fingerprint density at radius 1 is 1.02 bits per heavy atom. The highest BCUT2D eigenvalue weighted by Gasteiger charge is 2.23. The number of thioether (sulfide) groups is 2. The second-order valence-electron chi connectivity index (χ2n) is 9.39. The zero-order valence-electron chi connectivity index (χ0n) is 21.7. The van der Waals surface area contributed by atoms with Gasteiger partial charge in [0.1, 0.15) is 21.6 Å². The maximum absolute atomic E-state index is 11.2. The van der Waals surface area contributed by atoms with E-state index in [1.165, 1.54) is 24.6 Å². The number of aromatic hydroxyl groups is 1. The Bertz CT molecular complexity index is 1900. The molecule has 7 rings (SSSR count). The minimum absolute atomic E-state index is 0.210. The molecule has 0 unspecified atom stereocenters. The van der Waals surface area contributed by atoms with Crippen LogP contribution in [0.2, 0.25) is 0 Å². The lowest BCUT2D eigenvalue weighted by molar-refractivity contribution is 0.112. The Labute approximate surface area is 235 Å². The molecule has 0 aromatic carbocycles. The summed E-state index contributed by atoms with van der Waals surface area (Å²) in [5.74, 6) is 0.702. The average molecular weight is 579 g/mol. The third-order valence-corrected chi connectivity index (χ3v) is 7.56. The number of carbonyl (C=O) groups excluding carboxylic acids is 1. The van der Waals surface area contributed by atoms with E-state index in [9.17, 15) is 14.7 Å². The van der Waals surface area contributed by atoms with Gasteiger partial charge in [-0.3, -0.25) is 14.8 Å². The molecule has 0 amide bonds. The number of H-pyrrole nitrogens is 2. The van der Waals surface area contributed by atoms with Gasteiger partial charge in [-0.05, 0) is 44.3 Å². The number of aromatic amines is 2. The summed E-state index contributed by atoms with van der Waals surface area (Å²) in [6.45, 7) is 0. The van der Waals surface area contributed by atoms with Gasteiger partial charge in [-0.15, -0.1) is 23.5 Å². The van der Waals surface area contributed by atoms with Crippen LogP contribution in [0.25, 0.3) is 17.4 Å². The summed E-state index contributed by atoms with van der Waals surface area (Å²) in [5, 5.41) is 24.1. The van der Waals surface area contributed by atoms with Crippen molar-refractivity contribution < 1.29 is 9.90 Å². The summed E-state index contributed by atoms with van der Waals surface area (Å²) < 4.78 is 3.38. The topological polar surface area (TPSA) is 171 Å².